The maximum atomic E-state index is 11.0. The monoisotopic (exact) mass is 249 g/mol. The molecule has 0 bridgehead atoms. The van der Waals surface area contributed by atoms with Crippen LogP contribution in [0.25, 0.3) is 10.2 Å². The average molecular weight is 249 g/mol. The molecule has 88 valence electrons. The highest BCUT2D eigenvalue weighted by Gasteiger charge is 2.16. The van der Waals surface area contributed by atoms with Crippen LogP contribution in [0.2, 0.25) is 0 Å². The quantitative estimate of drug-likeness (QED) is 0.513. The minimum absolute atomic E-state index is 0.0722. The molecule has 0 amide bonds. The van der Waals surface area contributed by atoms with Crippen molar-refractivity contribution in [3.05, 3.63) is 39.9 Å². The zero-order chi connectivity index (χ0) is 12.4. The summed E-state index contributed by atoms with van der Waals surface area (Å²) in [5.74, 6) is 0. The molecule has 6 heteroatoms. The maximum Gasteiger partial charge on any atom is 0.293 e. The first-order valence-electron chi connectivity index (χ1n) is 5.02. The van der Waals surface area contributed by atoms with Gasteiger partial charge in [-0.3, -0.25) is 10.1 Å². The van der Waals surface area contributed by atoms with Crippen LogP contribution in [-0.4, -0.2) is 16.5 Å². The van der Waals surface area contributed by atoms with E-state index in [4.69, 9.17) is 0 Å². The number of aryl methyl sites for hydroxylation is 1. The molecule has 0 aliphatic heterocycles. The van der Waals surface area contributed by atoms with Crippen LogP contribution in [0.5, 0.6) is 0 Å². The van der Waals surface area contributed by atoms with E-state index in [1.54, 1.807) is 18.2 Å². The lowest BCUT2D eigenvalue weighted by molar-refractivity contribution is -0.383. The average Bonchev–Trinajstić information content (AvgIpc) is 2.63. The number of rotatable bonds is 4. The first-order chi connectivity index (χ1) is 8.11. The summed E-state index contributed by atoms with van der Waals surface area (Å²) in [5, 5.41) is 14.8. The van der Waals surface area contributed by atoms with E-state index in [1.165, 1.54) is 11.3 Å². The standard InChI is InChI=1S/C11H11N3O2S/c1-3-4-12-8-5-9-11(17-7(2)13-9)6-10(8)14(15)16/h3,5-6,12H,1,4H2,2H3. The van der Waals surface area contributed by atoms with Crippen molar-refractivity contribution in [2.24, 2.45) is 0 Å². The molecule has 17 heavy (non-hydrogen) atoms. The number of nitrogens with zero attached hydrogens (tertiary/aromatic N) is 2. The summed E-state index contributed by atoms with van der Waals surface area (Å²) in [7, 11) is 0. The van der Waals surface area contributed by atoms with Gasteiger partial charge in [-0.25, -0.2) is 4.98 Å². The highest BCUT2D eigenvalue weighted by atomic mass is 32.1. The van der Waals surface area contributed by atoms with Gasteiger partial charge in [0.2, 0.25) is 0 Å². The van der Waals surface area contributed by atoms with Gasteiger partial charge in [-0.1, -0.05) is 6.08 Å². The predicted octanol–water partition coefficient (Wildman–Crippen LogP) is 3.11. The Morgan fingerprint density at radius 2 is 2.41 bits per heavy atom. The van der Waals surface area contributed by atoms with Crippen molar-refractivity contribution in [1.82, 2.24) is 4.98 Å². The van der Waals surface area contributed by atoms with Crippen LogP contribution in [0, 0.1) is 17.0 Å². The predicted molar refractivity (Wildman–Crippen MR) is 69.7 cm³/mol. The minimum atomic E-state index is -0.389. The highest BCUT2D eigenvalue weighted by molar-refractivity contribution is 7.18. The smallest absolute Gasteiger partial charge is 0.293 e. The lowest BCUT2D eigenvalue weighted by Gasteiger charge is -2.04. The normalized spacial score (nSPS) is 10.4. The van der Waals surface area contributed by atoms with Gasteiger partial charge in [-0.05, 0) is 13.0 Å². The zero-order valence-corrected chi connectivity index (χ0v) is 10.1. The van der Waals surface area contributed by atoms with Crippen LogP contribution in [-0.2, 0) is 0 Å². The van der Waals surface area contributed by atoms with Crippen LogP contribution >= 0.6 is 11.3 Å². The van der Waals surface area contributed by atoms with Crippen LogP contribution in [0.15, 0.2) is 24.8 Å². The molecule has 5 nitrogen and oxygen atoms in total. The molecule has 0 atom stereocenters. The first-order valence-corrected chi connectivity index (χ1v) is 5.84. The zero-order valence-electron chi connectivity index (χ0n) is 9.27. The molecule has 0 spiro atoms. The number of anilines is 1. The lowest BCUT2D eigenvalue weighted by Crippen LogP contribution is -2.01. The third-order valence-corrected chi connectivity index (χ3v) is 3.18. The van der Waals surface area contributed by atoms with Crippen molar-refractivity contribution >= 4 is 32.9 Å². The van der Waals surface area contributed by atoms with Gasteiger partial charge in [0.1, 0.15) is 5.69 Å². The van der Waals surface area contributed by atoms with Gasteiger partial charge in [-0.2, -0.15) is 0 Å². The third-order valence-electron chi connectivity index (χ3n) is 2.25. The van der Waals surface area contributed by atoms with Crippen molar-refractivity contribution in [3.63, 3.8) is 0 Å². The van der Waals surface area contributed by atoms with Gasteiger partial charge >= 0.3 is 0 Å². The number of thiazole rings is 1. The van der Waals surface area contributed by atoms with Gasteiger partial charge in [0, 0.05) is 12.6 Å². The third kappa shape index (κ3) is 2.26. The molecule has 1 aromatic heterocycles. The molecule has 1 aromatic carbocycles. The maximum absolute atomic E-state index is 11.0. The Morgan fingerprint density at radius 1 is 1.65 bits per heavy atom. The van der Waals surface area contributed by atoms with E-state index in [2.05, 4.69) is 16.9 Å². The van der Waals surface area contributed by atoms with E-state index in [-0.39, 0.29) is 10.6 Å². The van der Waals surface area contributed by atoms with Gasteiger partial charge in [0.25, 0.3) is 5.69 Å². The Morgan fingerprint density at radius 3 is 3.06 bits per heavy atom. The Balaban J connectivity index is 2.56. The second-order valence-corrected chi connectivity index (χ2v) is 4.73. The Kier molecular flexibility index (Phi) is 3.06. The molecule has 0 fully saturated rings. The molecular formula is C11H11N3O2S. The number of benzene rings is 1. The van der Waals surface area contributed by atoms with Gasteiger partial charge < -0.3 is 5.32 Å². The molecule has 0 radical (unpaired) electrons. The molecule has 0 unspecified atom stereocenters. The molecule has 0 saturated carbocycles. The Labute approximate surface area is 102 Å². The largest absolute Gasteiger partial charge is 0.376 e. The summed E-state index contributed by atoms with van der Waals surface area (Å²) in [5.41, 5.74) is 1.33. The van der Waals surface area contributed by atoms with E-state index >= 15 is 0 Å². The Bertz CT molecular complexity index is 592. The number of fused-ring (bicyclic) bond motifs is 1. The second kappa shape index (κ2) is 4.50. The van der Waals surface area contributed by atoms with E-state index in [9.17, 15) is 10.1 Å². The summed E-state index contributed by atoms with van der Waals surface area (Å²) < 4.78 is 0.832. The van der Waals surface area contributed by atoms with Crippen molar-refractivity contribution in [2.45, 2.75) is 6.92 Å². The number of hydrogen-bond acceptors (Lipinski definition) is 5. The molecule has 1 heterocycles. The number of hydrogen-bond donors (Lipinski definition) is 1. The second-order valence-electron chi connectivity index (χ2n) is 3.50. The molecule has 1 N–H and O–H groups in total. The lowest BCUT2D eigenvalue weighted by atomic mass is 10.2. The fourth-order valence-corrected chi connectivity index (χ4v) is 2.40. The number of aromatic nitrogens is 1. The molecule has 0 aliphatic rings. The van der Waals surface area contributed by atoms with Gasteiger partial charge in [-0.15, -0.1) is 17.9 Å². The van der Waals surface area contributed by atoms with Crippen molar-refractivity contribution < 1.29 is 4.92 Å². The SMILES string of the molecule is C=CCNc1cc2nc(C)sc2cc1[N+](=O)[O-]. The van der Waals surface area contributed by atoms with E-state index < -0.39 is 0 Å². The summed E-state index contributed by atoms with van der Waals surface area (Å²) in [6.07, 6.45) is 1.65. The number of nitro benzene ring substituents is 1. The van der Waals surface area contributed by atoms with Gasteiger partial charge in [0.15, 0.2) is 0 Å². The van der Waals surface area contributed by atoms with Crippen LogP contribution < -0.4 is 5.32 Å². The molecule has 2 aromatic rings. The highest BCUT2D eigenvalue weighted by Crippen LogP contribution is 2.32. The summed E-state index contributed by atoms with van der Waals surface area (Å²) in [6, 6.07) is 3.27. The molecular weight excluding hydrogens is 238 g/mol. The first kappa shape index (κ1) is 11.5. The van der Waals surface area contributed by atoms with Crippen molar-refractivity contribution in [3.8, 4) is 0 Å². The minimum Gasteiger partial charge on any atom is -0.376 e. The van der Waals surface area contributed by atoms with Gasteiger partial charge in [0.05, 0.1) is 20.1 Å². The van der Waals surface area contributed by atoms with Crippen LogP contribution in [0.3, 0.4) is 0 Å². The van der Waals surface area contributed by atoms with Crippen LogP contribution in [0.1, 0.15) is 5.01 Å². The summed E-state index contributed by atoms with van der Waals surface area (Å²) in [4.78, 5) is 14.9. The van der Waals surface area contributed by atoms with E-state index in [0.29, 0.717) is 12.2 Å². The summed E-state index contributed by atoms with van der Waals surface area (Å²) in [6.45, 7) is 5.93. The topological polar surface area (TPSA) is 68.1 Å². The molecule has 2 rings (SSSR count). The van der Waals surface area contributed by atoms with Crippen molar-refractivity contribution in [2.75, 3.05) is 11.9 Å². The Hall–Kier alpha value is -1.95. The van der Waals surface area contributed by atoms with Crippen LogP contribution in [0.4, 0.5) is 11.4 Å². The van der Waals surface area contributed by atoms with E-state index in [0.717, 1.165) is 15.2 Å². The number of nitrogens with one attached hydrogen (secondary N) is 1. The summed E-state index contributed by atoms with van der Waals surface area (Å²) >= 11 is 1.45. The van der Waals surface area contributed by atoms with Crippen molar-refractivity contribution in [1.29, 1.82) is 0 Å². The van der Waals surface area contributed by atoms with E-state index in [1.807, 2.05) is 6.92 Å². The fourth-order valence-electron chi connectivity index (χ4n) is 1.55. The molecule has 0 aliphatic carbocycles. The molecule has 0 saturated heterocycles. The number of nitro groups is 1. The fraction of sp³-hybridized carbons (Fsp3) is 0.182.